The van der Waals surface area contributed by atoms with Gasteiger partial charge in [0.1, 0.15) is 17.5 Å². The van der Waals surface area contributed by atoms with Crippen molar-refractivity contribution in [2.75, 3.05) is 0 Å². The van der Waals surface area contributed by atoms with E-state index in [1.54, 1.807) is 18.4 Å². The van der Waals surface area contributed by atoms with Crippen molar-refractivity contribution in [2.45, 2.75) is 19.4 Å². The Morgan fingerprint density at radius 1 is 1.08 bits per heavy atom. The van der Waals surface area contributed by atoms with Gasteiger partial charge in [-0.3, -0.25) is 4.79 Å². The minimum absolute atomic E-state index is 0.159. The maximum Gasteiger partial charge on any atom is 0.291 e. The molecule has 0 amide bonds. The van der Waals surface area contributed by atoms with Gasteiger partial charge in [0, 0.05) is 23.7 Å². The van der Waals surface area contributed by atoms with Crippen molar-refractivity contribution >= 4 is 22.4 Å². The highest BCUT2D eigenvalue weighted by Crippen LogP contribution is 2.34. The molecule has 1 atom stereocenters. The molecular weight excluding hydrogens is 474 g/mol. The number of para-hydroxylation sites is 1. The van der Waals surface area contributed by atoms with Crippen LogP contribution in [-0.2, 0) is 6.42 Å². The first-order chi connectivity index (χ1) is 17.6. The number of benzene rings is 2. The average molecular weight is 494 g/mol. The molecule has 0 radical (unpaired) electrons. The second-order valence-corrected chi connectivity index (χ2v) is 9.70. The summed E-state index contributed by atoms with van der Waals surface area (Å²) in [7, 11) is 0. The summed E-state index contributed by atoms with van der Waals surface area (Å²) in [6, 6.07) is 19.6. The molecule has 36 heavy (non-hydrogen) atoms. The van der Waals surface area contributed by atoms with Crippen LogP contribution in [0.2, 0.25) is 0 Å². The summed E-state index contributed by atoms with van der Waals surface area (Å²) in [5.41, 5.74) is 4.46. The zero-order valence-electron chi connectivity index (χ0n) is 19.2. The second kappa shape index (κ2) is 8.03. The maximum absolute atomic E-state index is 13.2. The van der Waals surface area contributed by atoms with Crippen LogP contribution >= 0.6 is 11.3 Å². The van der Waals surface area contributed by atoms with Gasteiger partial charge >= 0.3 is 0 Å². The van der Waals surface area contributed by atoms with Gasteiger partial charge in [-0.1, -0.05) is 29.5 Å². The fraction of sp³-hybridized carbons (Fsp3) is 0.111. The molecule has 7 rings (SSSR count). The topological polar surface area (TPSA) is 87.5 Å². The first-order valence-corrected chi connectivity index (χ1v) is 12.3. The fourth-order valence-corrected chi connectivity index (χ4v) is 5.38. The van der Waals surface area contributed by atoms with E-state index in [2.05, 4.69) is 23.1 Å². The Hall–Kier alpha value is -4.50. The smallest absolute Gasteiger partial charge is 0.291 e. The van der Waals surface area contributed by atoms with Crippen molar-refractivity contribution in [1.29, 1.82) is 0 Å². The Bertz CT molecular complexity index is 1830. The van der Waals surface area contributed by atoms with Crippen molar-refractivity contribution in [3.63, 3.8) is 0 Å². The summed E-state index contributed by atoms with van der Waals surface area (Å²) in [4.78, 5) is 18.2. The molecule has 0 fully saturated rings. The van der Waals surface area contributed by atoms with Crippen LogP contribution in [0.5, 0.6) is 5.75 Å². The van der Waals surface area contributed by atoms with E-state index in [0.29, 0.717) is 21.1 Å². The second-order valence-electron chi connectivity index (χ2n) is 8.69. The van der Waals surface area contributed by atoms with Crippen LogP contribution in [0.4, 0.5) is 0 Å². The van der Waals surface area contributed by atoms with Crippen LogP contribution in [0.15, 0.2) is 82.3 Å². The van der Waals surface area contributed by atoms with Crippen LogP contribution in [0.25, 0.3) is 39.6 Å². The molecule has 0 N–H and O–H groups in total. The molecule has 6 aromatic rings. The lowest BCUT2D eigenvalue weighted by molar-refractivity contribution is 0.254. The van der Waals surface area contributed by atoms with E-state index in [1.807, 2.05) is 59.4 Å². The monoisotopic (exact) mass is 493 g/mol. The van der Waals surface area contributed by atoms with Gasteiger partial charge in [0.15, 0.2) is 5.76 Å². The third-order valence-corrected chi connectivity index (χ3v) is 7.10. The number of fused-ring (bicyclic) bond motifs is 2. The number of nitrogens with zero attached hydrogens (tertiary/aromatic N) is 5. The van der Waals surface area contributed by atoms with E-state index in [-0.39, 0.29) is 11.7 Å². The van der Waals surface area contributed by atoms with Crippen LogP contribution in [-0.4, -0.2) is 30.5 Å². The molecule has 0 saturated heterocycles. The molecule has 176 valence electrons. The molecule has 0 saturated carbocycles. The summed E-state index contributed by atoms with van der Waals surface area (Å²) >= 11 is 1.29. The van der Waals surface area contributed by atoms with Gasteiger partial charge in [-0.2, -0.15) is 14.6 Å². The molecule has 4 aromatic heterocycles. The number of thiazole rings is 1. The lowest BCUT2D eigenvalue weighted by Crippen LogP contribution is -2.23. The van der Waals surface area contributed by atoms with Gasteiger partial charge < -0.3 is 9.15 Å². The van der Waals surface area contributed by atoms with Crippen LogP contribution in [0, 0.1) is 0 Å². The van der Waals surface area contributed by atoms with Crippen LogP contribution in [0.3, 0.4) is 0 Å². The number of ether oxygens (including phenoxy) is 1. The van der Waals surface area contributed by atoms with Gasteiger partial charge in [-0.15, -0.1) is 5.10 Å². The molecule has 8 nitrogen and oxygen atoms in total. The lowest BCUT2D eigenvalue weighted by atomic mass is 10.0. The number of hydrogen-bond acceptors (Lipinski definition) is 7. The maximum atomic E-state index is 13.2. The normalized spacial score (nSPS) is 15.5. The number of furan rings is 1. The quantitative estimate of drug-likeness (QED) is 0.367. The van der Waals surface area contributed by atoms with Crippen LogP contribution < -0.4 is 14.8 Å². The van der Waals surface area contributed by atoms with E-state index >= 15 is 0 Å². The molecule has 9 heteroatoms. The van der Waals surface area contributed by atoms with Gasteiger partial charge in [-0.25, -0.2) is 4.68 Å². The van der Waals surface area contributed by atoms with E-state index in [0.717, 1.165) is 40.2 Å². The Morgan fingerprint density at radius 3 is 2.78 bits per heavy atom. The van der Waals surface area contributed by atoms with Gasteiger partial charge in [0.25, 0.3) is 5.56 Å². The van der Waals surface area contributed by atoms with Gasteiger partial charge in [0.2, 0.25) is 10.8 Å². The minimum atomic E-state index is -0.227. The minimum Gasteiger partial charge on any atom is -0.490 e. The van der Waals surface area contributed by atoms with E-state index < -0.39 is 0 Å². The summed E-state index contributed by atoms with van der Waals surface area (Å²) in [5.74, 6) is 1.83. The summed E-state index contributed by atoms with van der Waals surface area (Å²) < 4.78 is 14.9. The molecule has 1 aliphatic rings. The first kappa shape index (κ1) is 20.8. The van der Waals surface area contributed by atoms with Crippen molar-refractivity contribution in [2.24, 2.45) is 0 Å². The molecule has 0 aliphatic carbocycles. The van der Waals surface area contributed by atoms with Crippen molar-refractivity contribution in [3.05, 3.63) is 99.1 Å². The fourth-order valence-electron chi connectivity index (χ4n) is 4.48. The summed E-state index contributed by atoms with van der Waals surface area (Å²) in [5, 5.41) is 9.26. The van der Waals surface area contributed by atoms with Gasteiger partial charge in [0.05, 0.1) is 16.5 Å². The third-order valence-electron chi connectivity index (χ3n) is 6.14. The standard InChI is InChI=1S/C27H19N5O3S/c1-16-12-18-13-17(9-10-21(18)35-16)24-19(15-31(29-24)20-6-3-2-4-7-20)14-23-26(33)32-27(36-23)28-25(30-32)22-8-5-11-34-22/h2-11,13-16H,12H2,1H3/b23-14-. The molecule has 5 heterocycles. The van der Waals surface area contributed by atoms with E-state index in [1.165, 1.54) is 15.9 Å². The third kappa shape index (κ3) is 3.44. The predicted octanol–water partition coefficient (Wildman–Crippen LogP) is 4.13. The Balaban J connectivity index is 1.38. The summed E-state index contributed by atoms with van der Waals surface area (Å²) in [6.07, 6.45) is 6.38. The number of hydrogen-bond donors (Lipinski definition) is 0. The van der Waals surface area contributed by atoms with E-state index in [9.17, 15) is 4.79 Å². The molecule has 0 bridgehead atoms. The number of aromatic nitrogens is 5. The Kier molecular flexibility index (Phi) is 4.65. The highest BCUT2D eigenvalue weighted by atomic mass is 32.1. The van der Waals surface area contributed by atoms with Gasteiger partial charge in [-0.05, 0) is 61.0 Å². The highest BCUT2D eigenvalue weighted by molar-refractivity contribution is 7.15. The predicted molar refractivity (Wildman–Crippen MR) is 136 cm³/mol. The largest absolute Gasteiger partial charge is 0.490 e. The van der Waals surface area contributed by atoms with Crippen molar-refractivity contribution < 1.29 is 9.15 Å². The molecule has 2 aromatic carbocycles. The zero-order valence-corrected chi connectivity index (χ0v) is 20.0. The SMILES string of the molecule is CC1Cc2cc(-c3nn(-c4ccccc4)cc3/C=c3\sc4nc(-c5ccco5)nn4c3=O)ccc2O1. The van der Waals surface area contributed by atoms with Crippen LogP contribution in [0.1, 0.15) is 18.1 Å². The van der Waals surface area contributed by atoms with Crippen molar-refractivity contribution in [1.82, 2.24) is 24.4 Å². The zero-order chi connectivity index (χ0) is 24.2. The Morgan fingerprint density at radius 2 is 1.97 bits per heavy atom. The van der Waals surface area contributed by atoms with E-state index in [4.69, 9.17) is 14.3 Å². The van der Waals surface area contributed by atoms with Crippen molar-refractivity contribution in [3.8, 4) is 34.3 Å². The molecule has 1 aliphatic heterocycles. The Labute approximate surface area is 208 Å². The first-order valence-electron chi connectivity index (χ1n) is 11.5. The lowest BCUT2D eigenvalue weighted by Gasteiger charge is -2.04. The molecule has 1 unspecified atom stereocenters. The summed E-state index contributed by atoms with van der Waals surface area (Å²) in [6.45, 7) is 2.07. The highest BCUT2D eigenvalue weighted by Gasteiger charge is 2.21. The average Bonchev–Trinajstić information content (AvgIpc) is 3.70. The molecular formula is C27H19N5O3S. The molecule has 0 spiro atoms. The number of rotatable bonds is 4.